The number of rotatable bonds is 1. The molecule has 4 nitrogen and oxygen atoms in total. The monoisotopic (exact) mass is 193 g/mol. The molecule has 1 fully saturated rings. The fourth-order valence-electron chi connectivity index (χ4n) is 0.969. The molecule has 0 amide bonds. The van der Waals surface area contributed by atoms with Crippen LogP contribution in [0.25, 0.3) is 0 Å². The van der Waals surface area contributed by atoms with Crippen LogP contribution in [0.4, 0.5) is 0 Å². The van der Waals surface area contributed by atoms with E-state index in [1.54, 1.807) is 0 Å². The highest BCUT2D eigenvalue weighted by Crippen LogP contribution is 2.17. The lowest BCUT2D eigenvalue weighted by Gasteiger charge is -2.22. The first-order chi connectivity index (χ1) is 5.55. The van der Waals surface area contributed by atoms with Gasteiger partial charge < -0.3 is 14.6 Å². The first kappa shape index (κ1) is 10.3. The minimum Gasteiger partial charge on any atom is -0.389 e. The molecule has 5 heteroatoms. The van der Waals surface area contributed by atoms with E-state index < -0.39 is 11.9 Å². The molecule has 0 spiro atoms. The summed E-state index contributed by atoms with van der Waals surface area (Å²) in [4.78, 5) is 0. The number of hydrogen-bond acceptors (Lipinski definition) is 5. The largest absolute Gasteiger partial charge is 0.389 e. The SMILES string of the molecule is CC1(C)OC[C@@H](O)[C@H](NS)CO1. The number of hydrogen-bond donors (Lipinski definition) is 3. The zero-order chi connectivity index (χ0) is 9.19. The van der Waals surface area contributed by atoms with Crippen molar-refractivity contribution in [3.05, 3.63) is 0 Å². The Hall–Kier alpha value is 0.190. The van der Waals surface area contributed by atoms with Gasteiger partial charge in [0, 0.05) is 0 Å². The van der Waals surface area contributed by atoms with Gasteiger partial charge in [-0.3, -0.25) is 4.72 Å². The van der Waals surface area contributed by atoms with Crippen molar-refractivity contribution in [3.8, 4) is 0 Å². The van der Waals surface area contributed by atoms with Gasteiger partial charge in [0.2, 0.25) is 0 Å². The van der Waals surface area contributed by atoms with Crippen LogP contribution in [0.1, 0.15) is 13.8 Å². The Bertz CT molecular complexity index is 154. The maximum absolute atomic E-state index is 9.46. The molecule has 72 valence electrons. The van der Waals surface area contributed by atoms with Gasteiger partial charge >= 0.3 is 0 Å². The molecule has 0 bridgehead atoms. The molecule has 0 aromatic heterocycles. The first-order valence-electron chi connectivity index (χ1n) is 3.91. The van der Waals surface area contributed by atoms with Crippen LogP contribution in [0.5, 0.6) is 0 Å². The second kappa shape index (κ2) is 3.93. The molecule has 1 rings (SSSR count). The fourth-order valence-corrected chi connectivity index (χ4v) is 1.22. The minimum atomic E-state index is -0.611. The summed E-state index contributed by atoms with van der Waals surface area (Å²) in [5.74, 6) is -0.611. The molecule has 1 aliphatic heterocycles. The van der Waals surface area contributed by atoms with Gasteiger partial charge in [0.25, 0.3) is 0 Å². The molecule has 2 atom stereocenters. The van der Waals surface area contributed by atoms with E-state index in [4.69, 9.17) is 9.47 Å². The number of thiol groups is 1. The second-order valence-corrected chi connectivity index (χ2v) is 3.58. The van der Waals surface area contributed by atoms with Crippen molar-refractivity contribution in [2.24, 2.45) is 0 Å². The molecule has 0 saturated carbocycles. The summed E-state index contributed by atoms with van der Waals surface area (Å²) in [5, 5.41) is 9.46. The second-order valence-electron chi connectivity index (χ2n) is 3.32. The molecule has 0 aliphatic carbocycles. The average Bonchev–Trinajstić information content (AvgIpc) is 2.13. The van der Waals surface area contributed by atoms with Gasteiger partial charge in [0.15, 0.2) is 5.79 Å². The van der Waals surface area contributed by atoms with Crippen LogP contribution < -0.4 is 4.72 Å². The van der Waals surface area contributed by atoms with Crippen molar-refractivity contribution in [2.45, 2.75) is 31.8 Å². The first-order valence-corrected chi connectivity index (χ1v) is 4.35. The molecule has 1 heterocycles. The van der Waals surface area contributed by atoms with E-state index >= 15 is 0 Å². The van der Waals surface area contributed by atoms with E-state index in [-0.39, 0.29) is 12.6 Å². The smallest absolute Gasteiger partial charge is 0.162 e. The number of nitrogens with one attached hydrogen (secondary N) is 1. The van der Waals surface area contributed by atoms with E-state index in [9.17, 15) is 5.11 Å². The van der Waals surface area contributed by atoms with E-state index in [2.05, 4.69) is 17.5 Å². The lowest BCUT2D eigenvalue weighted by molar-refractivity contribution is -0.203. The van der Waals surface area contributed by atoms with Crippen molar-refractivity contribution in [3.63, 3.8) is 0 Å². The Morgan fingerprint density at radius 1 is 1.42 bits per heavy atom. The van der Waals surface area contributed by atoms with Crippen LogP contribution in [0.15, 0.2) is 0 Å². The Morgan fingerprint density at radius 2 is 2.00 bits per heavy atom. The molecule has 0 unspecified atom stereocenters. The minimum absolute atomic E-state index is 0.171. The zero-order valence-electron chi connectivity index (χ0n) is 7.28. The Kier molecular flexibility index (Phi) is 3.37. The third kappa shape index (κ3) is 2.60. The summed E-state index contributed by atoms with van der Waals surface area (Å²) < 4.78 is 13.3. The summed E-state index contributed by atoms with van der Waals surface area (Å²) in [6.45, 7) is 4.31. The van der Waals surface area contributed by atoms with Gasteiger partial charge in [-0.15, -0.1) is 0 Å². The predicted octanol–water partition coefficient (Wildman–Crippen LogP) is -0.0668. The van der Waals surface area contributed by atoms with E-state index in [1.165, 1.54) is 0 Å². The van der Waals surface area contributed by atoms with Gasteiger partial charge in [-0.1, -0.05) is 12.8 Å². The highest BCUT2D eigenvalue weighted by atomic mass is 32.1. The molecule has 2 N–H and O–H groups in total. The molecule has 0 aromatic carbocycles. The Balaban J connectivity index is 2.53. The third-order valence-electron chi connectivity index (χ3n) is 1.84. The molecule has 1 saturated heterocycles. The van der Waals surface area contributed by atoms with Gasteiger partial charge in [-0.05, 0) is 13.8 Å². The summed E-state index contributed by atoms with van der Waals surface area (Å²) in [7, 11) is 0. The predicted molar refractivity (Wildman–Crippen MR) is 47.9 cm³/mol. The maximum atomic E-state index is 9.46. The van der Waals surface area contributed by atoms with Crippen LogP contribution in [0.3, 0.4) is 0 Å². The molecule has 1 aliphatic rings. The van der Waals surface area contributed by atoms with Gasteiger partial charge in [-0.2, -0.15) is 0 Å². The summed E-state index contributed by atoms with van der Waals surface area (Å²) in [6, 6.07) is -0.171. The highest BCUT2D eigenvalue weighted by Gasteiger charge is 2.30. The zero-order valence-corrected chi connectivity index (χ0v) is 8.17. The van der Waals surface area contributed by atoms with Crippen LogP contribution >= 0.6 is 12.8 Å². The highest BCUT2D eigenvalue weighted by molar-refractivity contribution is 7.78. The van der Waals surface area contributed by atoms with Crippen molar-refractivity contribution < 1.29 is 14.6 Å². The Labute approximate surface area is 77.8 Å². The summed E-state index contributed by atoms with van der Waals surface area (Å²) in [5.41, 5.74) is 0. The lowest BCUT2D eigenvalue weighted by atomic mass is 10.2. The van der Waals surface area contributed by atoms with E-state index in [0.29, 0.717) is 6.61 Å². The topological polar surface area (TPSA) is 50.7 Å². The number of aliphatic hydroxyl groups excluding tert-OH is 1. The van der Waals surface area contributed by atoms with Crippen LogP contribution in [-0.4, -0.2) is 36.3 Å². The summed E-state index contributed by atoms with van der Waals surface area (Å²) >= 11 is 3.88. The lowest BCUT2D eigenvalue weighted by Crippen LogP contribution is -2.39. The van der Waals surface area contributed by atoms with Gasteiger partial charge in [-0.25, -0.2) is 0 Å². The number of ether oxygens (including phenoxy) is 2. The van der Waals surface area contributed by atoms with Crippen LogP contribution in [0, 0.1) is 0 Å². The van der Waals surface area contributed by atoms with E-state index in [1.807, 2.05) is 13.8 Å². The molecule has 0 aromatic rings. The fraction of sp³-hybridized carbons (Fsp3) is 1.00. The van der Waals surface area contributed by atoms with Crippen molar-refractivity contribution in [2.75, 3.05) is 13.2 Å². The quantitative estimate of drug-likeness (QED) is 0.510. The van der Waals surface area contributed by atoms with Crippen molar-refractivity contribution in [1.82, 2.24) is 4.72 Å². The molecule has 0 radical (unpaired) electrons. The van der Waals surface area contributed by atoms with Crippen LogP contribution in [0.2, 0.25) is 0 Å². The maximum Gasteiger partial charge on any atom is 0.162 e. The van der Waals surface area contributed by atoms with Crippen molar-refractivity contribution >= 4 is 12.8 Å². The van der Waals surface area contributed by atoms with Crippen molar-refractivity contribution in [1.29, 1.82) is 0 Å². The normalized spacial score (nSPS) is 36.0. The van der Waals surface area contributed by atoms with Gasteiger partial charge in [0.05, 0.1) is 25.4 Å². The Morgan fingerprint density at radius 3 is 2.58 bits per heavy atom. The standard InChI is InChI=1S/C7H15NO3S/c1-7(2)10-3-5(8-12)6(9)4-11-7/h5-6,8-9,12H,3-4H2,1-2H3/t5-,6-/m1/s1. The average molecular weight is 193 g/mol. The molecular formula is C7H15NO3S. The molecular weight excluding hydrogens is 178 g/mol. The van der Waals surface area contributed by atoms with E-state index in [0.717, 1.165) is 0 Å². The molecule has 12 heavy (non-hydrogen) atoms. The van der Waals surface area contributed by atoms with Crippen LogP contribution in [-0.2, 0) is 9.47 Å². The van der Waals surface area contributed by atoms with Gasteiger partial charge in [0.1, 0.15) is 0 Å². The summed E-state index contributed by atoms with van der Waals surface area (Å²) in [6.07, 6.45) is -0.565. The number of aliphatic hydroxyl groups is 1. The third-order valence-corrected chi connectivity index (χ3v) is 2.17.